The number of benzene rings is 3. The number of hydrogen-bond donors (Lipinski definition) is 0. The predicted octanol–water partition coefficient (Wildman–Crippen LogP) is 4.98. The van der Waals surface area contributed by atoms with Crippen molar-refractivity contribution in [3.63, 3.8) is 0 Å². The van der Waals surface area contributed by atoms with Gasteiger partial charge < -0.3 is 0 Å². The first-order valence-electron chi connectivity index (χ1n) is 8.46. The summed E-state index contributed by atoms with van der Waals surface area (Å²) in [5.41, 5.74) is 6.42. The first-order chi connectivity index (χ1) is 12.8. The second-order valence-corrected chi connectivity index (χ2v) is 6.55. The molecule has 26 heavy (non-hydrogen) atoms. The Morgan fingerprint density at radius 3 is 2.00 bits per heavy atom. The molecule has 3 nitrogen and oxygen atoms in total. The van der Waals surface area contributed by atoms with Gasteiger partial charge in [0.1, 0.15) is 0 Å². The van der Waals surface area contributed by atoms with Gasteiger partial charge in [-0.15, -0.1) is 0 Å². The Morgan fingerprint density at radius 2 is 1.35 bits per heavy atom. The fourth-order valence-electron chi connectivity index (χ4n) is 3.21. The molecule has 3 aromatic carbocycles. The molecule has 0 amide bonds. The molecule has 1 heterocycles. The predicted molar refractivity (Wildman–Crippen MR) is 106 cm³/mol. The number of aromatic nitrogens is 2. The van der Waals surface area contributed by atoms with Crippen LogP contribution in [0.5, 0.6) is 5.75 Å². The van der Waals surface area contributed by atoms with Gasteiger partial charge in [0.2, 0.25) is 0 Å². The summed E-state index contributed by atoms with van der Waals surface area (Å²) in [6, 6.07) is 28.7. The summed E-state index contributed by atoms with van der Waals surface area (Å²) in [6.07, 6.45) is 0. The van der Waals surface area contributed by atoms with Gasteiger partial charge in [0.15, 0.2) is 0 Å². The topological polar surface area (TPSA) is 27.1 Å². The average molecular weight is 395 g/mol. The molecule has 0 bridgehead atoms. The SMILES string of the molecule is Cc1c(-c2ccccc2)nn(-c2ccccc2[O][Ga])c1-c1ccccc1. The summed E-state index contributed by atoms with van der Waals surface area (Å²) in [5.74, 6) is 0.826. The molecule has 0 saturated heterocycles. The van der Waals surface area contributed by atoms with Crippen LogP contribution in [0.1, 0.15) is 5.56 Å². The Bertz CT molecular complexity index is 1030. The van der Waals surface area contributed by atoms with Gasteiger partial charge in [-0.25, -0.2) is 0 Å². The van der Waals surface area contributed by atoms with Gasteiger partial charge in [0.25, 0.3) is 0 Å². The fourth-order valence-corrected chi connectivity index (χ4v) is 3.63. The third-order valence-corrected chi connectivity index (χ3v) is 4.97. The van der Waals surface area contributed by atoms with Crippen molar-refractivity contribution in [2.45, 2.75) is 6.92 Å². The molecule has 4 heteroatoms. The van der Waals surface area contributed by atoms with Crippen LogP contribution in [0.15, 0.2) is 84.9 Å². The van der Waals surface area contributed by atoms with Crippen LogP contribution in [0, 0.1) is 6.92 Å². The van der Waals surface area contributed by atoms with Crippen LogP contribution in [0.25, 0.3) is 28.2 Å². The summed E-state index contributed by atoms with van der Waals surface area (Å²) >= 11 is 1.21. The molecule has 0 unspecified atom stereocenters. The standard InChI is InChI=1S/C22H18N2O.Ga/c1-16-21(17-10-4-2-5-11-17)23-24(19-14-8-9-15-20(19)25)22(16)18-12-6-3-7-13-18;/h2-15,25H,1H3;/q;+1/p-1. The average Bonchev–Trinajstić information content (AvgIpc) is 3.06. The zero-order chi connectivity index (χ0) is 17.9. The molecular formula is C22H17GaN2O. The second-order valence-electron chi connectivity index (χ2n) is 6.05. The minimum absolute atomic E-state index is 0.826. The normalized spacial score (nSPS) is 10.7. The number of rotatable bonds is 4. The Hall–Kier alpha value is -2.69. The number of nitrogens with zero attached hydrogens (tertiary/aromatic N) is 2. The summed E-state index contributed by atoms with van der Waals surface area (Å²) in [6.45, 7) is 2.13. The fraction of sp³-hybridized carbons (Fsp3) is 0.0455. The van der Waals surface area contributed by atoms with E-state index in [1.54, 1.807) is 0 Å². The Labute approximate surface area is 163 Å². The van der Waals surface area contributed by atoms with Crippen molar-refractivity contribution < 1.29 is 3.53 Å². The van der Waals surface area contributed by atoms with Crippen molar-refractivity contribution in [2.75, 3.05) is 0 Å². The Balaban J connectivity index is 2.01. The van der Waals surface area contributed by atoms with Crippen LogP contribution in [-0.4, -0.2) is 28.7 Å². The van der Waals surface area contributed by atoms with Gasteiger partial charge in [-0.3, -0.25) is 0 Å². The molecule has 4 aromatic rings. The van der Waals surface area contributed by atoms with Gasteiger partial charge in [-0.05, 0) is 0 Å². The Kier molecular flexibility index (Phi) is 4.69. The van der Waals surface area contributed by atoms with Crippen molar-refractivity contribution in [3.8, 4) is 34.0 Å². The summed E-state index contributed by atoms with van der Waals surface area (Å²) in [5, 5.41) is 4.98. The van der Waals surface area contributed by atoms with Gasteiger partial charge in [-0.1, -0.05) is 0 Å². The molecule has 0 saturated carbocycles. The van der Waals surface area contributed by atoms with Gasteiger partial charge in [0, 0.05) is 0 Å². The molecule has 0 N–H and O–H groups in total. The molecule has 4 rings (SSSR count). The molecular weight excluding hydrogens is 378 g/mol. The van der Waals surface area contributed by atoms with Crippen LogP contribution < -0.4 is 3.53 Å². The summed E-state index contributed by atoms with van der Waals surface area (Å²) in [4.78, 5) is 0. The zero-order valence-electron chi connectivity index (χ0n) is 14.5. The zero-order valence-corrected chi connectivity index (χ0v) is 16.9. The third-order valence-electron chi connectivity index (χ3n) is 4.44. The van der Waals surface area contributed by atoms with Crippen LogP contribution in [0.3, 0.4) is 0 Å². The Morgan fingerprint density at radius 1 is 0.769 bits per heavy atom. The molecule has 0 aliphatic heterocycles. The number of hydrogen-bond acceptors (Lipinski definition) is 2. The van der Waals surface area contributed by atoms with E-state index in [0.29, 0.717) is 0 Å². The van der Waals surface area contributed by atoms with Crippen molar-refractivity contribution >= 4 is 19.0 Å². The van der Waals surface area contributed by atoms with Crippen molar-refractivity contribution in [3.05, 3.63) is 90.5 Å². The van der Waals surface area contributed by atoms with E-state index in [0.717, 1.165) is 39.5 Å². The van der Waals surface area contributed by atoms with E-state index in [-0.39, 0.29) is 0 Å². The minimum atomic E-state index is 0.826. The van der Waals surface area contributed by atoms with E-state index in [1.165, 1.54) is 19.0 Å². The summed E-state index contributed by atoms with van der Waals surface area (Å²) < 4.78 is 7.65. The molecule has 2 radical (unpaired) electrons. The molecule has 0 aliphatic rings. The molecule has 0 spiro atoms. The van der Waals surface area contributed by atoms with Gasteiger partial charge >= 0.3 is 164 Å². The molecule has 0 fully saturated rings. The van der Waals surface area contributed by atoms with Gasteiger partial charge in [0.05, 0.1) is 0 Å². The van der Waals surface area contributed by atoms with Gasteiger partial charge in [-0.2, -0.15) is 0 Å². The molecule has 0 aliphatic carbocycles. The molecule has 0 atom stereocenters. The van der Waals surface area contributed by atoms with E-state index < -0.39 is 0 Å². The van der Waals surface area contributed by atoms with E-state index in [9.17, 15) is 0 Å². The quantitative estimate of drug-likeness (QED) is 0.456. The third kappa shape index (κ3) is 2.98. The van der Waals surface area contributed by atoms with E-state index in [1.807, 2.05) is 53.2 Å². The van der Waals surface area contributed by atoms with E-state index in [4.69, 9.17) is 8.63 Å². The molecule has 1 aromatic heterocycles. The van der Waals surface area contributed by atoms with Crippen LogP contribution in [0.4, 0.5) is 0 Å². The maximum absolute atomic E-state index is 5.65. The van der Waals surface area contributed by atoms with Crippen LogP contribution in [0.2, 0.25) is 0 Å². The van der Waals surface area contributed by atoms with Crippen molar-refractivity contribution in [1.82, 2.24) is 9.78 Å². The van der Waals surface area contributed by atoms with E-state index in [2.05, 4.69) is 43.3 Å². The first-order valence-corrected chi connectivity index (χ1v) is 9.45. The first kappa shape index (κ1) is 16.8. The van der Waals surface area contributed by atoms with Crippen molar-refractivity contribution in [1.29, 1.82) is 0 Å². The molecule has 124 valence electrons. The van der Waals surface area contributed by atoms with Crippen molar-refractivity contribution in [2.24, 2.45) is 0 Å². The monoisotopic (exact) mass is 394 g/mol. The van der Waals surface area contributed by atoms with E-state index >= 15 is 0 Å². The van der Waals surface area contributed by atoms with Crippen LogP contribution >= 0.6 is 0 Å². The summed E-state index contributed by atoms with van der Waals surface area (Å²) in [7, 11) is 0. The maximum atomic E-state index is 5.65. The number of para-hydroxylation sites is 2. The second kappa shape index (κ2) is 7.28. The van der Waals surface area contributed by atoms with Crippen LogP contribution in [-0.2, 0) is 0 Å².